The van der Waals surface area contributed by atoms with Gasteiger partial charge in [-0.15, -0.1) is 0 Å². The molecule has 118 valence electrons. The average Bonchev–Trinajstić information content (AvgIpc) is 2.23. The van der Waals surface area contributed by atoms with E-state index in [9.17, 15) is 26.4 Å². The molecule has 0 N–H and O–H groups in total. The number of ketones is 1. The van der Waals surface area contributed by atoms with E-state index in [0.717, 1.165) is 0 Å². The molecule has 0 rings (SSSR count). The molecule has 10 heteroatoms. The van der Waals surface area contributed by atoms with E-state index in [2.05, 4.69) is 20.1 Å². The Balaban J connectivity index is 5.70. The predicted octanol–water partition coefficient (Wildman–Crippen LogP) is 3.01. The maximum Gasteiger partial charge on any atom is 0.426 e. The second-order valence-electron chi connectivity index (χ2n) is 4.51. The summed E-state index contributed by atoms with van der Waals surface area (Å²) >= 11 is 7.95. The smallest absolute Gasteiger partial charge is 0.298 e. The Morgan fingerprint density at radius 2 is 1.85 bits per heavy atom. The molecule has 0 aromatic rings. The van der Waals surface area contributed by atoms with Crippen molar-refractivity contribution in [3.8, 4) is 0 Å². The molecule has 20 heavy (non-hydrogen) atoms. The third-order valence-electron chi connectivity index (χ3n) is 2.40. The fourth-order valence-corrected chi connectivity index (χ4v) is 2.61. The molecule has 0 spiro atoms. The van der Waals surface area contributed by atoms with Crippen molar-refractivity contribution in [2.24, 2.45) is 5.41 Å². The Bertz CT molecular complexity index is 499. The van der Waals surface area contributed by atoms with Gasteiger partial charge in [-0.3, -0.25) is 8.98 Å². The Morgan fingerprint density at radius 3 is 2.15 bits per heavy atom. The van der Waals surface area contributed by atoms with Gasteiger partial charge in [0, 0.05) is 0 Å². The van der Waals surface area contributed by atoms with Crippen molar-refractivity contribution in [1.82, 2.24) is 0 Å². The number of halogens is 5. The lowest BCUT2D eigenvalue weighted by Crippen LogP contribution is -2.40. The number of alkyl halides is 4. The van der Waals surface area contributed by atoms with E-state index in [-0.39, 0.29) is 5.33 Å². The Morgan fingerprint density at radius 1 is 1.40 bits per heavy atom. The van der Waals surface area contributed by atoms with Crippen molar-refractivity contribution in [1.29, 1.82) is 0 Å². The van der Waals surface area contributed by atoms with E-state index in [1.807, 2.05) is 0 Å². The van der Waals surface area contributed by atoms with Crippen LogP contribution in [0, 0.1) is 5.41 Å². The molecule has 1 unspecified atom stereocenters. The first-order valence-electron chi connectivity index (χ1n) is 5.14. The lowest BCUT2D eigenvalue weighted by atomic mass is 9.82. The summed E-state index contributed by atoms with van der Waals surface area (Å²) in [5.41, 5.74) is -1.52. The first kappa shape index (κ1) is 19.9. The van der Waals surface area contributed by atoms with Crippen molar-refractivity contribution in [2.45, 2.75) is 26.1 Å². The number of rotatable bonds is 6. The molecule has 0 aromatic heterocycles. The molecule has 0 aliphatic carbocycles. The van der Waals surface area contributed by atoms with Crippen molar-refractivity contribution < 1.29 is 30.6 Å². The van der Waals surface area contributed by atoms with E-state index in [0.29, 0.717) is 12.3 Å². The number of Topliss-reactive ketones (excluding diaryl/α,β-unsaturated/α-hetero) is 1. The standard InChI is InChI=1S/C10H13BrClF3O4S/c1-9(2,7(16)5-11)8(19-20(3,17)18)4-6(12)10(13,14)15/h4,8H,5H2,1-3H3. The first-order valence-corrected chi connectivity index (χ1v) is 8.45. The monoisotopic (exact) mass is 400 g/mol. The van der Waals surface area contributed by atoms with Gasteiger partial charge < -0.3 is 0 Å². The van der Waals surface area contributed by atoms with Crippen LogP contribution in [0.5, 0.6) is 0 Å². The third kappa shape index (κ3) is 6.11. The zero-order valence-corrected chi connectivity index (χ0v) is 14.0. The minimum Gasteiger partial charge on any atom is -0.298 e. The van der Waals surface area contributed by atoms with Gasteiger partial charge in [0.05, 0.1) is 17.0 Å². The largest absolute Gasteiger partial charge is 0.426 e. The minimum atomic E-state index is -4.85. The van der Waals surface area contributed by atoms with Crippen LogP contribution in [0.1, 0.15) is 13.8 Å². The molecule has 0 aromatic carbocycles. The number of allylic oxidation sites excluding steroid dienone is 1. The van der Waals surface area contributed by atoms with Crippen LogP contribution in [0.25, 0.3) is 0 Å². The van der Waals surface area contributed by atoms with Crippen LogP contribution >= 0.6 is 27.5 Å². The molecule has 0 amide bonds. The number of hydrogen-bond acceptors (Lipinski definition) is 4. The van der Waals surface area contributed by atoms with E-state index < -0.39 is 38.6 Å². The van der Waals surface area contributed by atoms with Gasteiger partial charge in [-0.05, 0) is 19.9 Å². The van der Waals surface area contributed by atoms with Gasteiger partial charge in [0.15, 0.2) is 5.78 Å². The first-order chi connectivity index (χ1) is 8.71. The number of hydrogen-bond donors (Lipinski definition) is 0. The molecular formula is C10H13BrClF3O4S. The zero-order chi connectivity index (χ0) is 16.4. The van der Waals surface area contributed by atoms with Crippen molar-refractivity contribution in [3.05, 3.63) is 11.1 Å². The lowest BCUT2D eigenvalue weighted by Gasteiger charge is -2.29. The molecule has 1 atom stereocenters. The minimum absolute atomic E-state index is 0.166. The van der Waals surface area contributed by atoms with Gasteiger partial charge >= 0.3 is 6.18 Å². The van der Waals surface area contributed by atoms with Gasteiger partial charge in [-0.2, -0.15) is 21.6 Å². The Hall–Kier alpha value is -0.120. The lowest BCUT2D eigenvalue weighted by molar-refractivity contribution is -0.127. The van der Waals surface area contributed by atoms with Gasteiger partial charge in [-0.1, -0.05) is 27.5 Å². The van der Waals surface area contributed by atoms with Crippen LogP contribution in [0.4, 0.5) is 13.2 Å². The fourth-order valence-electron chi connectivity index (χ4n) is 1.10. The molecule has 0 fully saturated rings. The van der Waals surface area contributed by atoms with Crippen molar-refractivity contribution >= 4 is 43.4 Å². The highest BCUT2D eigenvalue weighted by Gasteiger charge is 2.41. The molecule has 0 heterocycles. The summed E-state index contributed by atoms with van der Waals surface area (Å²) in [5.74, 6) is -0.533. The molecular weight excluding hydrogens is 389 g/mol. The SMILES string of the molecule is CC(C)(C(=O)CBr)C(C=C(Cl)C(F)(F)F)OS(C)(=O)=O. The van der Waals surface area contributed by atoms with E-state index >= 15 is 0 Å². The molecule has 4 nitrogen and oxygen atoms in total. The highest BCUT2D eigenvalue weighted by Crippen LogP contribution is 2.34. The average molecular weight is 402 g/mol. The summed E-state index contributed by atoms with van der Waals surface area (Å²) in [7, 11) is -4.08. The number of carbonyl (C=O) groups is 1. The van der Waals surface area contributed by atoms with Crippen molar-refractivity contribution in [2.75, 3.05) is 11.6 Å². The molecule has 0 bridgehead atoms. The van der Waals surface area contributed by atoms with Crippen molar-refractivity contribution in [3.63, 3.8) is 0 Å². The van der Waals surface area contributed by atoms with Gasteiger partial charge in [0.1, 0.15) is 11.1 Å². The quantitative estimate of drug-likeness (QED) is 0.507. The summed E-state index contributed by atoms with van der Waals surface area (Å²) in [5, 5.41) is -1.72. The van der Waals surface area contributed by atoms with Crippen LogP contribution in [-0.2, 0) is 19.1 Å². The summed E-state index contributed by atoms with van der Waals surface area (Å²) in [6.07, 6.45) is -5.47. The van der Waals surface area contributed by atoms with Crippen LogP contribution in [0.3, 0.4) is 0 Å². The molecule has 0 aliphatic rings. The molecule has 0 saturated carbocycles. The highest BCUT2D eigenvalue weighted by atomic mass is 79.9. The highest BCUT2D eigenvalue weighted by molar-refractivity contribution is 9.09. The molecule has 0 saturated heterocycles. The zero-order valence-electron chi connectivity index (χ0n) is 10.8. The summed E-state index contributed by atoms with van der Waals surface area (Å²) < 4.78 is 64.1. The van der Waals surface area contributed by atoms with Gasteiger partial charge in [0.25, 0.3) is 10.1 Å². The van der Waals surface area contributed by atoms with Crippen LogP contribution in [0.2, 0.25) is 0 Å². The van der Waals surface area contributed by atoms with Gasteiger partial charge in [-0.25, -0.2) is 0 Å². The summed E-state index contributed by atoms with van der Waals surface area (Å²) in [4.78, 5) is 11.7. The fraction of sp³-hybridized carbons (Fsp3) is 0.700. The van der Waals surface area contributed by atoms with Gasteiger partial charge in [0.2, 0.25) is 0 Å². The summed E-state index contributed by atoms with van der Waals surface area (Å²) in [6.45, 7) is 2.53. The molecule has 0 aliphatic heterocycles. The maximum atomic E-state index is 12.4. The second-order valence-corrected chi connectivity index (χ2v) is 7.08. The summed E-state index contributed by atoms with van der Waals surface area (Å²) in [6, 6.07) is 0. The van der Waals surface area contributed by atoms with E-state index in [1.165, 1.54) is 13.8 Å². The Labute approximate surface area is 128 Å². The van der Waals surface area contributed by atoms with E-state index in [4.69, 9.17) is 11.6 Å². The predicted molar refractivity (Wildman–Crippen MR) is 72.3 cm³/mol. The number of carbonyl (C=O) groups excluding carboxylic acids is 1. The van der Waals surface area contributed by atoms with Crippen LogP contribution < -0.4 is 0 Å². The maximum absolute atomic E-state index is 12.4. The Kier molecular flexibility index (Phi) is 6.72. The topological polar surface area (TPSA) is 60.4 Å². The third-order valence-corrected chi connectivity index (χ3v) is 3.80. The normalized spacial score (nSPS) is 16.1. The second kappa shape index (κ2) is 6.76. The van der Waals surface area contributed by atoms with Crippen LogP contribution in [-0.4, -0.2) is 38.1 Å². The van der Waals surface area contributed by atoms with E-state index in [1.54, 1.807) is 0 Å². The molecule has 0 radical (unpaired) electrons. The van der Waals surface area contributed by atoms with Crippen LogP contribution in [0.15, 0.2) is 11.1 Å².